The highest BCUT2D eigenvalue weighted by atomic mass is 32.2. The molecule has 0 atom stereocenters. The van der Waals surface area contributed by atoms with E-state index in [9.17, 15) is 19.2 Å². The zero-order valence-electron chi connectivity index (χ0n) is 19.1. The first-order valence-corrected chi connectivity index (χ1v) is 13.6. The SMILES string of the molecule is COC(=O)C1=C(C2SCCS2)CS/C(=C(/C(=O)OC(C)(C)C)N2C(=O)c3ccccc3C2=O)N1. The fourth-order valence-corrected chi connectivity index (χ4v) is 7.89. The molecule has 1 aromatic rings. The number of amides is 2. The molecule has 0 aliphatic carbocycles. The first-order chi connectivity index (χ1) is 16.1. The van der Waals surface area contributed by atoms with Crippen molar-refractivity contribution < 1.29 is 28.7 Å². The molecule has 1 fully saturated rings. The fraction of sp³-hybridized carbons (Fsp3) is 0.391. The van der Waals surface area contributed by atoms with E-state index in [-0.39, 0.29) is 32.1 Å². The zero-order chi connectivity index (χ0) is 24.6. The van der Waals surface area contributed by atoms with E-state index in [2.05, 4.69) is 5.32 Å². The number of thioether (sulfide) groups is 3. The Kier molecular flexibility index (Phi) is 7.07. The Hall–Kier alpha value is -2.37. The number of hydrogen-bond acceptors (Lipinski definition) is 10. The van der Waals surface area contributed by atoms with E-state index in [1.165, 1.54) is 18.9 Å². The second kappa shape index (κ2) is 9.71. The number of imide groups is 1. The van der Waals surface area contributed by atoms with Crippen LogP contribution in [0, 0.1) is 0 Å². The lowest BCUT2D eigenvalue weighted by Crippen LogP contribution is -2.40. The summed E-state index contributed by atoms with van der Waals surface area (Å²) >= 11 is 4.73. The van der Waals surface area contributed by atoms with Crippen LogP contribution in [0.15, 0.2) is 46.3 Å². The number of nitrogens with one attached hydrogen (secondary N) is 1. The van der Waals surface area contributed by atoms with Gasteiger partial charge in [0.05, 0.1) is 22.8 Å². The summed E-state index contributed by atoms with van der Waals surface area (Å²) in [6.45, 7) is 5.09. The molecule has 8 nitrogen and oxygen atoms in total. The molecule has 0 bridgehead atoms. The number of hydrogen-bond donors (Lipinski definition) is 1. The van der Waals surface area contributed by atoms with Crippen molar-refractivity contribution in [3.05, 3.63) is 57.4 Å². The Morgan fingerprint density at radius 3 is 2.18 bits per heavy atom. The molecule has 3 heterocycles. The topological polar surface area (TPSA) is 102 Å². The van der Waals surface area contributed by atoms with Crippen molar-refractivity contribution in [1.29, 1.82) is 0 Å². The molecule has 0 spiro atoms. The van der Waals surface area contributed by atoms with Crippen molar-refractivity contribution in [3.8, 4) is 0 Å². The van der Waals surface area contributed by atoms with Gasteiger partial charge in [0.2, 0.25) is 0 Å². The molecule has 1 N–H and O–H groups in total. The van der Waals surface area contributed by atoms with Crippen LogP contribution in [0.4, 0.5) is 0 Å². The minimum Gasteiger partial charge on any atom is -0.464 e. The smallest absolute Gasteiger partial charge is 0.358 e. The quantitative estimate of drug-likeness (QED) is 0.361. The second-order valence-corrected chi connectivity index (χ2v) is 12.3. The summed E-state index contributed by atoms with van der Waals surface area (Å²) < 4.78 is 10.6. The molecule has 0 aromatic heterocycles. The Morgan fingerprint density at radius 1 is 1.06 bits per heavy atom. The Labute approximate surface area is 210 Å². The molecular formula is C23H24N2O6S3. The van der Waals surface area contributed by atoms with Gasteiger partial charge in [-0.1, -0.05) is 12.1 Å². The van der Waals surface area contributed by atoms with E-state index in [0.29, 0.717) is 5.75 Å². The number of nitrogens with zero attached hydrogens (tertiary/aromatic N) is 1. The maximum absolute atomic E-state index is 13.4. The van der Waals surface area contributed by atoms with Crippen LogP contribution in [0.3, 0.4) is 0 Å². The number of rotatable bonds is 4. The molecule has 0 unspecified atom stereocenters. The third-order valence-corrected chi connectivity index (χ3v) is 9.22. The van der Waals surface area contributed by atoms with E-state index in [1.54, 1.807) is 68.6 Å². The van der Waals surface area contributed by atoms with Crippen LogP contribution >= 0.6 is 35.3 Å². The number of carbonyl (C=O) groups excluding carboxylic acids is 4. The maximum atomic E-state index is 13.4. The van der Waals surface area contributed by atoms with Gasteiger partial charge in [-0.3, -0.25) is 9.59 Å². The number of methoxy groups -OCH3 is 1. The lowest BCUT2D eigenvalue weighted by atomic mass is 10.1. The van der Waals surface area contributed by atoms with Gasteiger partial charge >= 0.3 is 11.9 Å². The van der Waals surface area contributed by atoms with Gasteiger partial charge in [0, 0.05) is 17.3 Å². The summed E-state index contributed by atoms with van der Waals surface area (Å²) in [5.41, 5.74) is 0.388. The predicted octanol–water partition coefficient (Wildman–Crippen LogP) is 3.36. The number of benzene rings is 1. The van der Waals surface area contributed by atoms with E-state index < -0.39 is 29.4 Å². The molecule has 0 saturated carbocycles. The number of carbonyl (C=O) groups is 4. The molecule has 1 saturated heterocycles. The van der Waals surface area contributed by atoms with Crippen LogP contribution in [-0.4, -0.2) is 63.2 Å². The molecule has 3 aliphatic rings. The van der Waals surface area contributed by atoms with Crippen molar-refractivity contribution in [2.45, 2.75) is 31.0 Å². The zero-order valence-corrected chi connectivity index (χ0v) is 21.6. The second-order valence-electron chi connectivity index (χ2n) is 8.55. The van der Waals surface area contributed by atoms with Crippen molar-refractivity contribution in [3.63, 3.8) is 0 Å². The van der Waals surface area contributed by atoms with Crippen LogP contribution in [0.2, 0.25) is 0 Å². The van der Waals surface area contributed by atoms with Crippen LogP contribution < -0.4 is 5.32 Å². The first kappa shape index (κ1) is 24.7. The Morgan fingerprint density at radius 2 is 1.65 bits per heavy atom. The summed E-state index contributed by atoms with van der Waals surface area (Å²) in [6, 6.07) is 6.40. The van der Waals surface area contributed by atoms with Crippen LogP contribution in [0.25, 0.3) is 0 Å². The van der Waals surface area contributed by atoms with Crippen LogP contribution in [0.1, 0.15) is 41.5 Å². The fourth-order valence-electron chi connectivity index (χ4n) is 3.61. The summed E-state index contributed by atoms with van der Waals surface area (Å²) in [5.74, 6) is -0.314. The summed E-state index contributed by atoms with van der Waals surface area (Å²) in [7, 11) is 1.29. The van der Waals surface area contributed by atoms with Crippen LogP contribution in [0.5, 0.6) is 0 Å². The monoisotopic (exact) mass is 520 g/mol. The number of ether oxygens (including phenoxy) is 2. The van der Waals surface area contributed by atoms with Gasteiger partial charge in [0.15, 0.2) is 5.70 Å². The minimum atomic E-state index is -0.871. The Balaban J connectivity index is 1.82. The standard InChI is InChI=1S/C23H24N2O6S3/c1-23(2,3)31-21(29)16(25-18(26)12-7-5-6-8-13(12)19(25)27)17-24-15(20(28)30-4)14(11-34-17)22-32-9-10-33-22/h5-8,22,24H,9-11H2,1-4H3/b17-16-. The summed E-state index contributed by atoms with van der Waals surface area (Å²) in [6.07, 6.45) is 0. The van der Waals surface area contributed by atoms with Gasteiger partial charge in [-0.2, -0.15) is 0 Å². The Bertz CT molecular complexity index is 1100. The van der Waals surface area contributed by atoms with Gasteiger partial charge < -0.3 is 14.8 Å². The minimum absolute atomic E-state index is 0.0833. The van der Waals surface area contributed by atoms with Crippen molar-refractivity contribution >= 4 is 59.0 Å². The lowest BCUT2D eigenvalue weighted by molar-refractivity contribution is -0.151. The molecule has 1 aromatic carbocycles. The molecule has 180 valence electrons. The van der Waals surface area contributed by atoms with E-state index in [1.807, 2.05) is 0 Å². The van der Waals surface area contributed by atoms with E-state index in [4.69, 9.17) is 9.47 Å². The predicted molar refractivity (Wildman–Crippen MR) is 133 cm³/mol. The highest BCUT2D eigenvalue weighted by molar-refractivity contribution is 8.20. The highest BCUT2D eigenvalue weighted by Crippen LogP contribution is 2.43. The van der Waals surface area contributed by atoms with Gasteiger partial charge in [0.1, 0.15) is 16.3 Å². The van der Waals surface area contributed by atoms with E-state index >= 15 is 0 Å². The third kappa shape index (κ3) is 4.73. The van der Waals surface area contributed by atoms with Gasteiger partial charge in [-0.25, -0.2) is 14.5 Å². The molecular weight excluding hydrogens is 496 g/mol. The number of fused-ring (bicyclic) bond motifs is 1. The first-order valence-electron chi connectivity index (χ1n) is 10.5. The normalized spacial score (nSPS) is 20.3. The van der Waals surface area contributed by atoms with Gasteiger partial charge in [-0.05, 0) is 38.5 Å². The molecule has 4 rings (SSSR count). The molecule has 3 aliphatic heterocycles. The molecule has 11 heteroatoms. The average Bonchev–Trinajstić information content (AvgIpc) is 3.41. The largest absolute Gasteiger partial charge is 0.464 e. The molecule has 2 amide bonds. The van der Waals surface area contributed by atoms with Crippen molar-refractivity contribution in [1.82, 2.24) is 10.2 Å². The lowest BCUT2D eigenvalue weighted by Gasteiger charge is -2.29. The molecule has 34 heavy (non-hydrogen) atoms. The van der Waals surface area contributed by atoms with Gasteiger partial charge in [0.25, 0.3) is 11.8 Å². The van der Waals surface area contributed by atoms with Crippen molar-refractivity contribution in [2.75, 3.05) is 24.4 Å². The van der Waals surface area contributed by atoms with Crippen molar-refractivity contribution in [2.24, 2.45) is 0 Å². The average molecular weight is 521 g/mol. The van der Waals surface area contributed by atoms with E-state index in [0.717, 1.165) is 22.0 Å². The third-order valence-electron chi connectivity index (χ3n) is 5.05. The summed E-state index contributed by atoms with van der Waals surface area (Å²) in [5, 5.41) is 3.21. The number of esters is 2. The molecule has 0 radical (unpaired) electrons. The summed E-state index contributed by atoms with van der Waals surface area (Å²) in [4.78, 5) is 53.3. The van der Waals surface area contributed by atoms with Crippen LogP contribution in [-0.2, 0) is 19.1 Å². The maximum Gasteiger partial charge on any atom is 0.358 e. The van der Waals surface area contributed by atoms with Gasteiger partial charge in [-0.15, -0.1) is 35.3 Å². The highest BCUT2D eigenvalue weighted by Gasteiger charge is 2.44.